The molecular weight excluding hydrogens is 388 g/mol. The van der Waals surface area contributed by atoms with Crippen LogP contribution in [0, 0.1) is 6.92 Å². The predicted molar refractivity (Wildman–Crippen MR) is 102 cm³/mol. The fourth-order valence-corrected chi connectivity index (χ4v) is 3.36. The molecule has 0 bridgehead atoms. The van der Waals surface area contributed by atoms with E-state index in [1.165, 1.54) is 18.2 Å². The number of thioether (sulfide) groups is 1. The molecule has 2 aromatic carbocycles. The highest BCUT2D eigenvalue weighted by Gasteiger charge is 2.13. The Morgan fingerprint density at radius 1 is 1.19 bits per heavy atom. The number of primary sulfonamides is 1. The van der Waals surface area contributed by atoms with E-state index in [1.54, 1.807) is 6.07 Å². The minimum absolute atomic E-state index is 0.0229. The average molecular weight is 404 g/mol. The Kier molecular flexibility index (Phi) is 5.59. The molecular formula is C17H16N4O4S2. The number of aryl methyl sites for hydroxylation is 1. The number of nitrogens with zero attached hydrogens (tertiary/aromatic N) is 2. The number of carbonyl (C=O) groups excluding carboxylic acids is 1. The molecule has 0 aliphatic heterocycles. The summed E-state index contributed by atoms with van der Waals surface area (Å²) < 4.78 is 28.3. The molecule has 0 aliphatic rings. The predicted octanol–water partition coefficient (Wildman–Crippen LogP) is 2.42. The summed E-state index contributed by atoms with van der Waals surface area (Å²) >= 11 is 1.08. The van der Waals surface area contributed by atoms with Crippen LogP contribution in [0.1, 0.15) is 5.56 Å². The number of sulfonamides is 1. The van der Waals surface area contributed by atoms with Crippen molar-refractivity contribution in [3.8, 4) is 11.5 Å². The van der Waals surface area contributed by atoms with Crippen molar-refractivity contribution >= 4 is 33.4 Å². The molecule has 0 saturated carbocycles. The summed E-state index contributed by atoms with van der Waals surface area (Å²) in [6.45, 7) is 1.96. The van der Waals surface area contributed by atoms with Gasteiger partial charge in [-0.05, 0) is 37.3 Å². The van der Waals surface area contributed by atoms with Crippen molar-refractivity contribution in [3.05, 3.63) is 54.1 Å². The summed E-state index contributed by atoms with van der Waals surface area (Å²) in [5.41, 5.74) is 2.21. The van der Waals surface area contributed by atoms with Crippen molar-refractivity contribution in [2.75, 3.05) is 11.1 Å². The zero-order valence-electron chi connectivity index (χ0n) is 14.2. The molecule has 1 aromatic heterocycles. The monoisotopic (exact) mass is 404 g/mol. The third kappa shape index (κ3) is 5.16. The highest BCUT2D eigenvalue weighted by Crippen LogP contribution is 2.24. The first-order valence-corrected chi connectivity index (χ1v) is 10.3. The van der Waals surface area contributed by atoms with Crippen LogP contribution >= 0.6 is 11.8 Å². The normalized spacial score (nSPS) is 11.3. The lowest BCUT2D eigenvalue weighted by atomic mass is 10.1. The number of nitrogens with one attached hydrogen (secondary N) is 1. The first-order valence-electron chi connectivity index (χ1n) is 7.77. The molecule has 3 rings (SSSR count). The number of hydrogen-bond donors (Lipinski definition) is 2. The Bertz CT molecular complexity index is 1080. The molecule has 1 heterocycles. The molecule has 0 unspecified atom stereocenters. The van der Waals surface area contributed by atoms with Crippen LogP contribution in [0.2, 0.25) is 0 Å². The van der Waals surface area contributed by atoms with Crippen molar-refractivity contribution in [1.29, 1.82) is 0 Å². The smallest absolute Gasteiger partial charge is 0.277 e. The zero-order chi connectivity index (χ0) is 19.4. The SMILES string of the molecule is Cc1cccc(-c2nnc(SCC(=O)Nc3cccc(S(N)(=O)=O)c3)o2)c1. The van der Waals surface area contributed by atoms with E-state index in [1.807, 2.05) is 31.2 Å². The van der Waals surface area contributed by atoms with Gasteiger partial charge in [-0.25, -0.2) is 13.6 Å². The molecule has 27 heavy (non-hydrogen) atoms. The summed E-state index contributed by atoms with van der Waals surface area (Å²) in [7, 11) is -3.83. The van der Waals surface area contributed by atoms with Crippen molar-refractivity contribution in [3.63, 3.8) is 0 Å². The van der Waals surface area contributed by atoms with Crippen molar-refractivity contribution < 1.29 is 17.6 Å². The van der Waals surface area contributed by atoms with E-state index in [0.717, 1.165) is 22.9 Å². The maximum atomic E-state index is 12.1. The Morgan fingerprint density at radius 3 is 2.70 bits per heavy atom. The first kappa shape index (κ1) is 19.1. The van der Waals surface area contributed by atoms with Crippen LogP contribution < -0.4 is 10.5 Å². The molecule has 0 aliphatic carbocycles. The second-order valence-electron chi connectivity index (χ2n) is 5.65. The molecule has 0 fully saturated rings. The largest absolute Gasteiger partial charge is 0.411 e. The molecule has 10 heteroatoms. The number of rotatable bonds is 6. The maximum absolute atomic E-state index is 12.1. The van der Waals surface area contributed by atoms with E-state index in [4.69, 9.17) is 9.56 Å². The van der Waals surface area contributed by atoms with Gasteiger partial charge in [0.1, 0.15) is 0 Å². The number of carbonyl (C=O) groups is 1. The van der Waals surface area contributed by atoms with Gasteiger partial charge in [-0.3, -0.25) is 4.79 Å². The number of aromatic nitrogens is 2. The van der Waals surface area contributed by atoms with E-state index in [0.29, 0.717) is 11.6 Å². The third-order valence-corrected chi connectivity index (χ3v) is 5.17. The second kappa shape index (κ2) is 7.91. The summed E-state index contributed by atoms with van der Waals surface area (Å²) in [4.78, 5) is 12.0. The maximum Gasteiger partial charge on any atom is 0.277 e. The van der Waals surface area contributed by atoms with Crippen molar-refractivity contribution in [2.45, 2.75) is 17.0 Å². The Hall–Kier alpha value is -2.69. The number of hydrogen-bond acceptors (Lipinski definition) is 7. The van der Waals surface area contributed by atoms with Crippen LogP contribution in [-0.2, 0) is 14.8 Å². The molecule has 0 saturated heterocycles. The van der Waals surface area contributed by atoms with Gasteiger partial charge in [-0.1, -0.05) is 35.5 Å². The quantitative estimate of drug-likeness (QED) is 0.604. The zero-order valence-corrected chi connectivity index (χ0v) is 15.9. The van der Waals surface area contributed by atoms with E-state index in [2.05, 4.69) is 15.5 Å². The van der Waals surface area contributed by atoms with Gasteiger partial charge in [0, 0.05) is 11.3 Å². The highest BCUT2D eigenvalue weighted by atomic mass is 32.2. The van der Waals surface area contributed by atoms with Crippen LogP contribution in [0.25, 0.3) is 11.5 Å². The molecule has 8 nitrogen and oxygen atoms in total. The molecule has 0 atom stereocenters. The van der Waals surface area contributed by atoms with Gasteiger partial charge in [0.15, 0.2) is 0 Å². The Balaban J connectivity index is 1.60. The lowest BCUT2D eigenvalue weighted by Crippen LogP contribution is -2.16. The van der Waals surface area contributed by atoms with Gasteiger partial charge in [-0.2, -0.15) is 0 Å². The van der Waals surface area contributed by atoms with Crippen LogP contribution in [0.5, 0.6) is 0 Å². The average Bonchev–Trinajstić information content (AvgIpc) is 3.09. The lowest BCUT2D eigenvalue weighted by Gasteiger charge is -2.05. The number of benzene rings is 2. The summed E-state index contributed by atoms with van der Waals surface area (Å²) in [5, 5.41) is 15.8. The number of nitrogens with two attached hydrogens (primary N) is 1. The van der Waals surface area contributed by atoms with E-state index in [9.17, 15) is 13.2 Å². The molecule has 1 amide bonds. The van der Waals surface area contributed by atoms with Gasteiger partial charge in [-0.15, -0.1) is 10.2 Å². The van der Waals surface area contributed by atoms with Crippen LogP contribution in [0.4, 0.5) is 5.69 Å². The van der Waals surface area contributed by atoms with Crippen LogP contribution in [-0.4, -0.2) is 30.3 Å². The van der Waals surface area contributed by atoms with Crippen molar-refractivity contribution in [1.82, 2.24) is 10.2 Å². The fraction of sp³-hybridized carbons (Fsp3) is 0.118. The third-order valence-electron chi connectivity index (χ3n) is 3.44. The Morgan fingerprint density at radius 2 is 1.96 bits per heavy atom. The van der Waals surface area contributed by atoms with Gasteiger partial charge >= 0.3 is 0 Å². The summed E-state index contributed by atoms with van der Waals surface area (Å²) in [6.07, 6.45) is 0. The van der Waals surface area contributed by atoms with E-state index in [-0.39, 0.29) is 21.8 Å². The highest BCUT2D eigenvalue weighted by molar-refractivity contribution is 7.99. The summed E-state index contributed by atoms with van der Waals surface area (Å²) in [6, 6.07) is 13.3. The van der Waals surface area contributed by atoms with Crippen LogP contribution in [0.3, 0.4) is 0 Å². The number of amides is 1. The minimum atomic E-state index is -3.83. The van der Waals surface area contributed by atoms with Crippen LogP contribution in [0.15, 0.2) is 63.1 Å². The Labute approximate surface area is 160 Å². The molecule has 3 N–H and O–H groups in total. The minimum Gasteiger partial charge on any atom is -0.411 e. The standard InChI is InChI=1S/C17H16N4O4S2/c1-11-4-2-5-12(8-11)16-20-21-17(25-16)26-10-15(22)19-13-6-3-7-14(9-13)27(18,23)24/h2-9H,10H2,1H3,(H,19,22)(H2,18,23,24). The lowest BCUT2D eigenvalue weighted by molar-refractivity contribution is -0.113. The molecule has 140 valence electrons. The molecule has 0 radical (unpaired) electrons. The summed E-state index contributed by atoms with van der Waals surface area (Å²) in [5.74, 6) is 0.0547. The molecule has 3 aromatic rings. The van der Waals surface area contributed by atoms with Gasteiger partial charge in [0.05, 0.1) is 10.6 Å². The van der Waals surface area contributed by atoms with Gasteiger partial charge in [0.25, 0.3) is 5.22 Å². The molecule has 0 spiro atoms. The number of anilines is 1. The fourth-order valence-electron chi connectivity index (χ4n) is 2.24. The first-order chi connectivity index (χ1) is 12.8. The van der Waals surface area contributed by atoms with E-state index >= 15 is 0 Å². The van der Waals surface area contributed by atoms with Gasteiger partial charge < -0.3 is 9.73 Å². The topological polar surface area (TPSA) is 128 Å². The van der Waals surface area contributed by atoms with Gasteiger partial charge in [0.2, 0.25) is 21.8 Å². The second-order valence-corrected chi connectivity index (χ2v) is 8.14. The van der Waals surface area contributed by atoms with Crippen molar-refractivity contribution in [2.24, 2.45) is 5.14 Å². The van der Waals surface area contributed by atoms with E-state index < -0.39 is 10.0 Å².